The Kier molecular flexibility index (Phi) is 4.02. The van der Waals surface area contributed by atoms with Crippen LogP contribution < -0.4 is 10.6 Å². The van der Waals surface area contributed by atoms with E-state index in [0.29, 0.717) is 6.54 Å². The molecule has 3 heteroatoms. The molecule has 2 N–H and O–H groups in total. The quantitative estimate of drug-likeness (QED) is 0.857. The molecule has 98 valence electrons. The van der Waals surface area contributed by atoms with Gasteiger partial charge in [0.1, 0.15) is 0 Å². The van der Waals surface area contributed by atoms with Crippen LogP contribution in [0.4, 0.5) is 5.69 Å². The molecule has 0 heterocycles. The van der Waals surface area contributed by atoms with E-state index >= 15 is 0 Å². The number of hydrogen-bond donors (Lipinski definition) is 2. The van der Waals surface area contributed by atoms with Crippen molar-refractivity contribution in [1.29, 1.82) is 0 Å². The highest BCUT2D eigenvalue weighted by Gasteiger charge is 2.28. The lowest BCUT2D eigenvalue weighted by Crippen LogP contribution is -2.43. The molecule has 3 nitrogen and oxygen atoms in total. The van der Waals surface area contributed by atoms with Gasteiger partial charge in [-0.2, -0.15) is 0 Å². The Balaban J connectivity index is 1.80. The van der Waals surface area contributed by atoms with Crippen molar-refractivity contribution in [2.24, 2.45) is 0 Å². The van der Waals surface area contributed by atoms with Crippen LogP contribution in [0.5, 0.6) is 0 Å². The summed E-state index contributed by atoms with van der Waals surface area (Å²) in [5.74, 6) is 0.0342. The molecule has 1 amide bonds. The fraction of sp³-hybridized carbons (Fsp3) is 0.533. The molecule has 2 rings (SSSR count). The fourth-order valence-corrected chi connectivity index (χ4v) is 2.47. The van der Waals surface area contributed by atoms with Gasteiger partial charge in [-0.15, -0.1) is 0 Å². The molecule has 1 aromatic rings. The van der Waals surface area contributed by atoms with Crippen molar-refractivity contribution in [2.45, 2.75) is 45.1 Å². The molecule has 0 spiro atoms. The van der Waals surface area contributed by atoms with Crippen LogP contribution in [-0.2, 0) is 4.79 Å². The molecule has 0 bridgehead atoms. The lowest BCUT2D eigenvalue weighted by Gasteiger charge is -2.24. The van der Waals surface area contributed by atoms with Gasteiger partial charge in [0.15, 0.2) is 0 Å². The minimum absolute atomic E-state index is 0.0342. The Bertz CT molecular complexity index is 405. The summed E-state index contributed by atoms with van der Waals surface area (Å²) in [6.07, 6.45) is 4.88. The molecule has 1 aromatic carbocycles. The average molecular weight is 246 g/mol. The molecule has 1 saturated carbocycles. The first-order valence-electron chi connectivity index (χ1n) is 6.69. The SMILES string of the molecule is Cc1ccc(NC(=O)CNC2(C)CCCC2)cc1. The Labute approximate surface area is 109 Å². The van der Waals surface area contributed by atoms with Crippen molar-refractivity contribution in [3.63, 3.8) is 0 Å². The van der Waals surface area contributed by atoms with E-state index in [2.05, 4.69) is 17.6 Å². The number of carbonyl (C=O) groups is 1. The van der Waals surface area contributed by atoms with Crippen molar-refractivity contribution in [3.05, 3.63) is 29.8 Å². The van der Waals surface area contributed by atoms with E-state index in [1.54, 1.807) is 0 Å². The normalized spacial score (nSPS) is 17.7. The molecule has 0 atom stereocenters. The molecule has 0 aromatic heterocycles. The number of rotatable bonds is 4. The first-order valence-corrected chi connectivity index (χ1v) is 6.69. The Morgan fingerprint density at radius 1 is 1.22 bits per heavy atom. The molecule has 0 unspecified atom stereocenters. The van der Waals surface area contributed by atoms with Gasteiger partial charge in [-0.25, -0.2) is 0 Å². The van der Waals surface area contributed by atoms with Gasteiger partial charge in [0.2, 0.25) is 5.91 Å². The van der Waals surface area contributed by atoms with Crippen LogP contribution in [0, 0.1) is 6.92 Å². The van der Waals surface area contributed by atoms with Crippen LogP contribution in [0.15, 0.2) is 24.3 Å². The van der Waals surface area contributed by atoms with Crippen LogP contribution in [0.25, 0.3) is 0 Å². The third kappa shape index (κ3) is 3.57. The second-order valence-electron chi connectivity index (χ2n) is 5.54. The second kappa shape index (κ2) is 5.53. The molecule has 18 heavy (non-hydrogen) atoms. The summed E-state index contributed by atoms with van der Waals surface area (Å²) in [5.41, 5.74) is 2.22. The van der Waals surface area contributed by atoms with E-state index in [9.17, 15) is 4.79 Å². The topological polar surface area (TPSA) is 41.1 Å². The highest BCUT2D eigenvalue weighted by Crippen LogP contribution is 2.28. The predicted molar refractivity (Wildman–Crippen MR) is 74.7 cm³/mol. The molecular weight excluding hydrogens is 224 g/mol. The molecule has 0 radical (unpaired) electrons. The van der Waals surface area contributed by atoms with E-state index in [4.69, 9.17) is 0 Å². The van der Waals surface area contributed by atoms with Crippen molar-refractivity contribution in [3.8, 4) is 0 Å². The monoisotopic (exact) mass is 246 g/mol. The lowest BCUT2D eigenvalue weighted by atomic mass is 10.0. The molecular formula is C15H22N2O. The summed E-state index contributed by atoms with van der Waals surface area (Å²) < 4.78 is 0. The smallest absolute Gasteiger partial charge is 0.238 e. The minimum Gasteiger partial charge on any atom is -0.325 e. The lowest BCUT2D eigenvalue weighted by molar-refractivity contribution is -0.115. The van der Waals surface area contributed by atoms with Crippen LogP contribution >= 0.6 is 0 Å². The zero-order valence-electron chi connectivity index (χ0n) is 11.3. The number of carbonyl (C=O) groups excluding carboxylic acids is 1. The zero-order valence-corrected chi connectivity index (χ0v) is 11.3. The summed E-state index contributed by atoms with van der Waals surface area (Å²) >= 11 is 0. The number of aryl methyl sites for hydroxylation is 1. The number of amides is 1. The van der Waals surface area contributed by atoms with E-state index in [0.717, 1.165) is 5.69 Å². The summed E-state index contributed by atoms with van der Waals surface area (Å²) in [6, 6.07) is 7.87. The number of anilines is 1. The summed E-state index contributed by atoms with van der Waals surface area (Å²) in [6.45, 7) is 4.64. The van der Waals surface area contributed by atoms with E-state index < -0.39 is 0 Å². The number of hydrogen-bond acceptors (Lipinski definition) is 2. The highest BCUT2D eigenvalue weighted by atomic mass is 16.1. The largest absolute Gasteiger partial charge is 0.325 e. The number of benzene rings is 1. The van der Waals surface area contributed by atoms with Gasteiger partial charge < -0.3 is 10.6 Å². The Hall–Kier alpha value is -1.35. The maximum atomic E-state index is 11.8. The van der Waals surface area contributed by atoms with Crippen LogP contribution in [-0.4, -0.2) is 18.0 Å². The Morgan fingerprint density at radius 2 is 1.83 bits per heavy atom. The number of nitrogens with one attached hydrogen (secondary N) is 2. The van der Waals surface area contributed by atoms with E-state index in [1.165, 1.54) is 31.2 Å². The predicted octanol–water partition coefficient (Wildman–Crippen LogP) is 2.86. The first kappa shape index (κ1) is 13.1. The molecule has 0 saturated heterocycles. The van der Waals surface area contributed by atoms with Crippen molar-refractivity contribution in [1.82, 2.24) is 5.32 Å². The highest BCUT2D eigenvalue weighted by molar-refractivity contribution is 5.92. The molecule has 1 fully saturated rings. The van der Waals surface area contributed by atoms with Gasteiger partial charge in [-0.3, -0.25) is 4.79 Å². The van der Waals surface area contributed by atoms with Crippen LogP contribution in [0.2, 0.25) is 0 Å². The Morgan fingerprint density at radius 3 is 2.44 bits per heavy atom. The van der Waals surface area contributed by atoms with E-state index in [1.807, 2.05) is 31.2 Å². The van der Waals surface area contributed by atoms with Gasteiger partial charge in [0.05, 0.1) is 6.54 Å². The zero-order chi connectivity index (χ0) is 13.0. The summed E-state index contributed by atoms with van der Waals surface area (Å²) in [5, 5.41) is 6.29. The standard InChI is InChI=1S/C15H22N2O/c1-12-5-7-13(8-6-12)17-14(18)11-16-15(2)9-3-4-10-15/h5-8,16H,3-4,9-11H2,1-2H3,(H,17,18). The summed E-state index contributed by atoms with van der Waals surface area (Å²) in [4.78, 5) is 11.8. The fourth-order valence-electron chi connectivity index (χ4n) is 2.47. The van der Waals surface area contributed by atoms with Gasteiger partial charge in [0, 0.05) is 11.2 Å². The maximum Gasteiger partial charge on any atom is 0.238 e. The first-order chi connectivity index (χ1) is 8.57. The van der Waals surface area contributed by atoms with E-state index in [-0.39, 0.29) is 11.4 Å². The van der Waals surface area contributed by atoms with Crippen LogP contribution in [0.1, 0.15) is 38.2 Å². The van der Waals surface area contributed by atoms with Crippen molar-refractivity contribution < 1.29 is 4.79 Å². The van der Waals surface area contributed by atoms with Gasteiger partial charge in [-0.1, -0.05) is 30.5 Å². The van der Waals surface area contributed by atoms with Gasteiger partial charge >= 0.3 is 0 Å². The third-order valence-corrected chi connectivity index (χ3v) is 3.72. The van der Waals surface area contributed by atoms with Crippen molar-refractivity contribution in [2.75, 3.05) is 11.9 Å². The average Bonchev–Trinajstić information content (AvgIpc) is 2.78. The molecule has 0 aliphatic heterocycles. The summed E-state index contributed by atoms with van der Waals surface area (Å²) in [7, 11) is 0. The third-order valence-electron chi connectivity index (χ3n) is 3.72. The minimum atomic E-state index is 0.0342. The van der Waals surface area contributed by atoms with Gasteiger partial charge in [-0.05, 0) is 38.8 Å². The van der Waals surface area contributed by atoms with Gasteiger partial charge in [0.25, 0.3) is 0 Å². The van der Waals surface area contributed by atoms with Crippen molar-refractivity contribution >= 4 is 11.6 Å². The maximum absolute atomic E-state index is 11.8. The molecule has 1 aliphatic rings. The second-order valence-corrected chi connectivity index (χ2v) is 5.54. The molecule has 1 aliphatic carbocycles. The van der Waals surface area contributed by atoms with Crippen LogP contribution in [0.3, 0.4) is 0 Å².